The molecular weight excluding hydrogens is 441 g/mol. The van der Waals surface area contributed by atoms with E-state index >= 15 is 0 Å². The Morgan fingerprint density at radius 1 is 1.21 bits per heavy atom. The van der Waals surface area contributed by atoms with Gasteiger partial charge in [0.1, 0.15) is 18.2 Å². The smallest absolute Gasteiger partial charge is 0.153 e. The number of aromatic nitrogens is 1. The van der Waals surface area contributed by atoms with Crippen LogP contribution in [-0.2, 0) is 16.4 Å². The van der Waals surface area contributed by atoms with Crippen LogP contribution in [0.5, 0.6) is 5.75 Å². The summed E-state index contributed by atoms with van der Waals surface area (Å²) < 4.78 is 30.4. The van der Waals surface area contributed by atoms with Crippen molar-refractivity contribution < 1.29 is 13.2 Å². The number of halogens is 1. The maximum Gasteiger partial charge on any atom is 0.153 e. The topological polar surface area (TPSA) is 71.5 Å². The highest BCUT2D eigenvalue weighted by Gasteiger charge is 2.26. The summed E-state index contributed by atoms with van der Waals surface area (Å²) in [5.74, 6) is 1.94. The fourth-order valence-electron chi connectivity index (χ4n) is 2.99. The van der Waals surface area contributed by atoms with E-state index in [0.29, 0.717) is 19.7 Å². The third-order valence-electron chi connectivity index (χ3n) is 4.28. The minimum Gasteiger partial charge on any atom is -0.487 e. The normalized spacial score (nSPS) is 18.6. The number of benzene rings is 1. The van der Waals surface area contributed by atoms with Crippen LogP contribution in [0.3, 0.4) is 0 Å². The summed E-state index contributed by atoms with van der Waals surface area (Å²) >= 11 is 2.26. The average molecular weight is 457 g/mol. The van der Waals surface area contributed by atoms with Crippen molar-refractivity contribution in [3.63, 3.8) is 0 Å². The van der Waals surface area contributed by atoms with Crippen molar-refractivity contribution in [3.05, 3.63) is 39.6 Å². The maximum atomic E-state index is 11.7. The van der Waals surface area contributed by atoms with Gasteiger partial charge < -0.3 is 15.0 Å². The third kappa shape index (κ3) is 3.04. The molecule has 4 rings (SSSR count). The van der Waals surface area contributed by atoms with Crippen LogP contribution in [-0.4, -0.2) is 38.0 Å². The second kappa shape index (κ2) is 6.07. The second-order valence-corrected chi connectivity index (χ2v) is 9.40. The summed E-state index contributed by atoms with van der Waals surface area (Å²) in [5, 5.41) is 3.35. The maximum absolute atomic E-state index is 11.7. The summed E-state index contributed by atoms with van der Waals surface area (Å²) in [6, 6.07) is 7.90. The Labute approximate surface area is 154 Å². The van der Waals surface area contributed by atoms with Crippen LogP contribution in [0.15, 0.2) is 30.5 Å². The molecule has 24 heavy (non-hydrogen) atoms. The first kappa shape index (κ1) is 15.9. The Bertz CT molecular complexity index is 887. The molecule has 8 heteroatoms. The van der Waals surface area contributed by atoms with E-state index < -0.39 is 9.84 Å². The zero-order chi connectivity index (χ0) is 16.7. The lowest BCUT2D eigenvalue weighted by molar-refractivity contribution is 0.310. The monoisotopic (exact) mass is 457 g/mol. The van der Waals surface area contributed by atoms with Gasteiger partial charge in [-0.3, -0.25) is 0 Å². The van der Waals surface area contributed by atoms with E-state index in [-0.39, 0.29) is 11.5 Å². The molecule has 1 saturated heterocycles. The minimum atomic E-state index is -2.91. The molecule has 1 fully saturated rings. The average Bonchev–Trinajstić information content (AvgIpc) is 2.73. The standard InChI is InChI=1S/C16H16IN3O3S/c17-11-1-2-15-13(9-11)19-16-12(10-23-15)14(3-4-18-16)20-5-7-24(21,22)8-6-20/h1-4,9H,5-8,10H2,(H,18,19). The molecule has 1 N–H and O–H groups in total. The van der Waals surface area contributed by atoms with E-state index in [2.05, 4.69) is 37.8 Å². The second-order valence-electron chi connectivity index (χ2n) is 5.85. The van der Waals surface area contributed by atoms with Gasteiger partial charge in [-0.25, -0.2) is 13.4 Å². The van der Waals surface area contributed by atoms with Gasteiger partial charge in [-0.1, -0.05) is 0 Å². The van der Waals surface area contributed by atoms with Gasteiger partial charge in [0.2, 0.25) is 0 Å². The van der Waals surface area contributed by atoms with E-state index in [9.17, 15) is 8.42 Å². The number of pyridine rings is 1. The molecule has 0 amide bonds. The number of nitrogens with one attached hydrogen (secondary N) is 1. The van der Waals surface area contributed by atoms with Gasteiger partial charge in [-0.05, 0) is 46.9 Å². The highest BCUT2D eigenvalue weighted by atomic mass is 127. The molecule has 1 aromatic carbocycles. The van der Waals surface area contributed by atoms with Gasteiger partial charge in [0, 0.05) is 28.5 Å². The first-order valence-corrected chi connectivity index (χ1v) is 10.5. The number of hydrogen-bond donors (Lipinski definition) is 1. The van der Waals surface area contributed by atoms with Crippen molar-refractivity contribution >= 4 is 49.6 Å². The van der Waals surface area contributed by atoms with E-state index in [0.717, 1.165) is 32.1 Å². The first-order valence-electron chi connectivity index (χ1n) is 7.64. The Hall–Kier alpha value is -1.55. The Kier molecular flexibility index (Phi) is 4.03. The molecule has 1 aromatic heterocycles. The molecule has 0 unspecified atom stereocenters. The van der Waals surface area contributed by atoms with Crippen LogP contribution >= 0.6 is 22.6 Å². The van der Waals surface area contributed by atoms with Crippen molar-refractivity contribution in [2.24, 2.45) is 0 Å². The predicted octanol–water partition coefficient (Wildman–Crippen LogP) is 2.56. The van der Waals surface area contributed by atoms with Crippen molar-refractivity contribution in [2.75, 3.05) is 34.8 Å². The van der Waals surface area contributed by atoms with E-state index in [1.807, 2.05) is 24.3 Å². The molecule has 126 valence electrons. The molecule has 3 heterocycles. The number of sulfone groups is 1. The zero-order valence-electron chi connectivity index (χ0n) is 12.8. The van der Waals surface area contributed by atoms with Crippen LogP contribution in [0.1, 0.15) is 5.56 Å². The van der Waals surface area contributed by atoms with Crippen molar-refractivity contribution in [3.8, 4) is 5.75 Å². The molecular formula is C16H16IN3O3S. The van der Waals surface area contributed by atoms with Gasteiger partial charge in [0.15, 0.2) is 9.84 Å². The number of rotatable bonds is 1. The van der Waals surface area contributed by atoms with Crippen LogP contribution < -0.4 is 15.0 Å². The van der Waals surface area contributed by atoms with E-state index in [4.69, 9.17) is 4.74 Å². The van der Waals surface area contributed by atoms with Gasteiger partial charge >= 0.3 is 0 Å². The fraction of sp³-hybridized carbons (Fsp3) is 0.312. The van der Waals surface area contributed by atoms with E-state index in [1.54, 1.807) is 6.20 Å². The Morgan fingerprint density at radius 2 is 2.00 bits per heavy atom. The lowest BCUT2D eigenvalue weighted by Crippen LogP contribution is -2.40. The van der Waals surface area contributed by atoms with Crippen molar-refractivity contribution in [1.29, 1.82) is 0 Å². The Morgan fingerprint density at radius 3 is 2.79 bits per heavy atom. The van der Waals surface area contributed by atoms with Gasteiger partial charge in [0.25, 0.3) is 0 Å². The molecule has 0 radical (unpaired) electrons. The van der Waals surface area contributed by atoms with Crippen LogP contribution in [0, 0.1) is 3.57 Å². The number of hydrogen-bond acceptors (Lipinski definition) is 6. The molecule has 0 bridgehead atoms. The Balaban J connectivity index is 1.69. The first-order chi connectivity index (χ1) is 11.5. The van der Waals surface area contributed by atoms with Gasteiger partial charge in [-0.15, -0.1) is 0 Å². The molecule has 6 nitrogen and oxygen atoms in total. The summed E-state index contributed by atoms with van der Waals surface area (Å²) in [5.41, 5.74) is 2.85. The molecule has 0 atom stereocenters. The molecule has 2 aromatic rings. The minimum absolute atomic E-state index is 0.191. The predicted molar refractivity (Wildman–Crippen MR) is 102 cm³/mol. The van der Waals surface area contributed by atoms with Crippen LogP contribution in [0.4, 0.5) is 17.2 Å². The van der Waals surface area contributed by atoms with Crippen LogP contribution in [0.25, 0.3) is 0 Å². The molecule has 0 saturated carbocycles. The largest absolute Gasteiger partial charge is 0.487 e. The summed E-state index contributed by atoms with van der Waals surface area (Å²) in [6.45, 7) is 1.41. The highest BCUT2D eigenvalue weighted by Crippen LogP contribution is 2.37. The molecule has 2 aliphatic heterocycles. The molecule has 2 aliphatic rings. The molecule has 0 spiro atoms. The summed E-state index contributed by atoms with van der Waals surface area (Å²) in [7, 11) is -2.91. The third-order valence-corrected chi connectivity index (χ3v) is 6.56. The van der Waals surface area contributed by atoms with Crippen molar-refractivity contribution in [2.45, 2.75) is 6.61 Å². The fourth-order valence-corrected chi connectivity index (χ4v) is 4.68. The SMILES string of the molecule is O=S1(=O)CCN(c2ccnc3c2COc2ccc(I)cc2N3)CC1. The number of anilines is 3. The molecule has 0 aliphatic carbocycles. The van der Waals surface area contributed by atoms with Crippen LogP contribution in [0.2, 0.25) is 0 Å². The highest BCUT2D eigenvalue weighted by molar-refractivity contribution is 14.1. The zero-order valence-corrected chi connectivity index (χ0v) is 15.8. The number of fused-ring (bicyclic) bond motifs is 2. The van der Waals surface area contributed by atoms with Crippen molar-refractivity contribution in [1.82, 2.24) is 4.98 Å². The summed E-state index contributed by atoms with van der Waals surface area (Å²) in [6.07, 6.45) is 1.75. The summed E-state index contributed by atoms with van der Waals surface area (Å²) in [4.78, 5) is 6.56. The lowest BCUT2D eigenvalue weighted by atomic mass is 10.2. The van der Waals surface area contributed by atoms with E-state index in [1.165, 1.54) is 0 Å². The quantitative estimate of drug-likeness (QED) is 0.664. The van der Waals surface area contributed by atoms with Gasteiger partial charge in [0.05, 0.1) is 22.8 Å². The number of ether oxygens (including phenoxy) is 1. The van der Waals surface area contributed by atoms with Gasteiger partial charge in [-0.2, -0.15) is 0 Å². The number of nitrogens with zero attached hydrogens (tertiary/aromatic N) is 2. The lowest BCUT2D eigenvalue weighted by Gasteiger charge is -2.30.